The summed E-state index contributed by atoms with van der Waals surface area (Å²) >= 11 is 0. The topological polar surface area (TPSA) is 40.1 Å². The van der Waals surface area contributed by atoms with E-state index >= 15 is 0 Å². The Kier molecular flexibility index (Phi) is 7.55. The second-order valence-corrected chi connectivity index (χ2v) is 8.64. The number of hydrogen-bond acceptors (Lipinski definition) is 3. The molecule has 0 radical (unpaired) electrons. The quantitative estimate of drug-likeness (QED) is 0.403. The average molecular weight is 486 g/mol. The zero-order valence-corrected chi connectivity index (χ0v) is 19.7. The number of nitrogens with zero attached hydrogens (tertiary/aromatic N) is 3. The van der Waals surface area contributed by atoms with Gasteiger partial charge < -0.3 is 15.0 Å². The van der Waals surface area contributed by atoms with Gasteiger partial charge in [0.2, 0.25) is 0 Å². The van der Waals surface area contributed by atoms with Crippen LogP contribution in [0.3, 0.4) is 0 Å². The van der Waals surface area contributed by atoms with Gasteiger partial charge in [-0.05, 0) is 25.0 Å². The van der Waals surface area contributed by atoms with Crippen LogP contribution in [-0.4, -0.2) is 61.2 Å². The summed E-state index contributed by atoms with van der Waals surface area (Å²) in [7, 11) is 1.87. The van der Waals surface area contributed by atoms with Crippen molar-refractivity contribution in [2.24, 2.45) is 10.4 Å². The summed E-state index contributed by atoms with van der Waals surface area (Å²) in [6, 6.07) is 8.87. The molecule has 2 aliphatic rings. The summed E-state index contributed by atoms with van der Waals surface area (Å²) in [6.45, 7) is 15.8. The van der Waals surface area contributed by atoms with E-state index in [2.05, 4.69) is 72.1 Å². The lowest BCUT2D eigenvalue weighted by molar-refractivity contribution is -0.0667. The van der Waals surface area contributed by atoms with Crippen molar-refractivity contribution in [1.82, 2.24) is 15.1 Å². The fourth-order valence-electron chi connectivity index (χ4n) is 3.73. The predicted octanol–water partition coefficient (Wildman–Crippen LogP) is 3.33. The van der Waals surface area contributed by atoms with Gasteiger partial charge in [-0.1, -0.05) is 38.1 Å². The lowest BCUT2D eigenvalue weighted by Gasteiger charge is -2.62. The highest BCUT2D eigenvalue weighted by atomic mass is 127. The first-order valence-electron chi connectivity index (χ1n) is 9.70. The Morgan fingerprint density at radius 1 is 1.15 bits per heavy atom. The molecule has 152 valence electrons. The summed E-state index contributed by atoms with van der Waals surface area (Å²) in [5.74, 6) is 0.993. The number of morpholine rings is 1. The minimum Gasteiger partial charge on any atom is -0.379 e. The third-order valence-electron chi connectivity index (χ3n) is 6.30. The fourth-order valence-corrected chi connectivity index (χ4v) is 3.73. The molecule has 27 heavy (non-hydrogen) atoms. The minimum absolute atomic E-state index is 0. The standard InChI is InChI=1S/C21H34N4O.HI/c1-20(2)16-25(21(20,3)4)19(22-5)23-14-17-7-6-8-18(13-17)15-24-9-11-26-12-10-24;/h6-8,13H,9-12,14-16H2,1-5H3,(H,22,23);1H. The van der Waals surface area contributed by atoms with Crippen LogP contribution in [0, 0.1) is 5.41 Å². The lowest BCUT2D eigenvalue weighted by Crippen LogP contribution is -2.72. The van der Waals surface area contributed by atoms with E-state index in [-0.39, 0.29) is 29.5 Å². The van der Waals surface area contributed by atoms with Gasteiger partial charge in [0, 0.05) is 50.7 Å². The highest BCUT2D eigenvalue weighted by molar-refractivity contribution is 14.0. The molecule has 0 saturated carbocycles. The fraction of sp³-hybridized carbons (Fsp3) is 0.667. The minimum atomic E-state index is 0. The van der Waals surface area contributed by atoms with Crippen LogP contribution in [0.1, 0.15) is 38.8 Å². The van der Waals surface area contributed by atoms with Gasteiger partial charge in [0.25, 0.3) is 0 Å². The van der Waals surface area contributed by atoms with Crippen LogP contribution in [0.25, 0.3) is 0 Å². The number of rotatable bonds is 4. The molecule has 1 aromatic rings. The highest BCUT2D eigenvalue weighted by Crippen LogP contribution is 2.46. The zero-order chi connectivity index (χ0) is 18.8. The van der Waals surface area contributed by atoms with Crippen molar-refractivity contribution >= 4 is 29.9 Å². The van der Waals surface area contributed by atoms with E-state index in [0.29, 0.717) is 5.41 Å². The van der Waals surface area contributed by atoms with E-state index in [4.69, 9.17) is 4.74 Å². The molecule has 0 aliphatic carbocycles. The molecular weight excluding hydrogens is 451 g/mol. The Morgan fingerprint density at radius 3 is 2.41 bits per heavy atom. The van der Waals surface area contributed by atoms with E-state index in [9.17, 15) is 0 Å². The number of ether oxygens (including phenoxy) is 1. The van der Waals surface area contributed by atoms with Crippen LogP contribution in [0.4, 0.5) is 0 Å². The summed E-state index contributed by atoms with van der Waals surface area (Å²) in [4.78, 5) is 9.35. The maximum Gasteiger partial charge on any atom is 0.194 e. The highest BCUT2D eigenvalue weighted by Gasteiger charge is 2.53. The molecule has 2 heterocycles. The molecule has 0 aromatic heterocycles. The Bertz CT molecular complexity index is 653. The second kappa shape index (κ2) is 9.09. The molecule has 0 spiro atoms. The first-order chi connectivity index (χ1) is 12.3. The molecule has 1 aromatic carbocycles. The number of aliphatic imine (C=N–C) groups is 1. The predicted molar refractivity (Wildman–Crippen MR) is 123 cm³/mol. The second-order valence-electron chi connectivity index (χ2n) is 8.64. The molecule has 0 bridgehead atoms. The maximum absolute atomic E-state index is 5.44. The molecule has 0 atom stereocenters. The van der Waals surface area contributed by atoms with Crippen molar-refractivity contribution in [3.05, 3.63) is 35.4 Å². The van der Waals surface area contributed by atoms with Gasteiger partial charge in [-0.25, -0.2) is 0 Å². The number of benzene rings is 1. The first-order valence-corrected chi connectivity index (χ1v) is 9.70. The lowest BCUT2D eigenvalue weighted by atomic mass is 9.65. The summed E-state index contributed by atoms with van der Waals surface area (Å²) < 4.78 is 5.44. The van der Waals surface area contributed by atoms with Crippen molar-refractivity contribution in [3.63, 3.8) is 0 Å². The molecule has 1 N–H and O–H groups in total. The van der Waals surface area contributed by atoms with Crippen LogP contribution in [0.15, 0.2) is 29.3 Å². The molecule has 5 nitrogen and oxygen atoms in total. The smallest absolute Gasteiger partial charge is 0.194 e. The van der Waals surface area contributed by atoms with E-state index in [1.165, 1.54) is 11.1 Å². The van der Waals surface area contributed by atoms with Crippen molar-refractivity contribution in [1.29, 1.82) is 0 Å². The van der Waals surface area contributed by atoms with Crippen molar-refractivity contribution in [2.45, 2.75) is 46.3 Å². The molecule has 0 unspecified atom stereocenters. The van der Waals surface area contributed by atoms with Crippen LogP contribution < -0.4 is 5.32 Å². The van der Waals surface area contributed by atoms with Crippen LogP contribution >= 0.6 is 24.0 Å². The Labute approximate surface area is 181 Å². The van der Waals surface area contributed by atoms with E-state index < -0.39 is 0 Å². The van der Waals surface area contributed by atoms with E-state index in [1.807, 2.05) is 7.05 Å². The molecule has 2 fully saturated rings. The van der Waals surface area contributed by atoms with E-state index in [0.717, 1.165) is 51.9 Å². The zero-order valence-electron chi connectivity index (χ0n) is 17.4. The summed E-state index contributed by atoms with van der Waals surface area (Å²) in [5, 5.41) is 3.55. The third-order valence-corrected chi connectivity index (χ3v) is 6.30. The van der Waals surface area contributed by atoms with Gasteiger partial charge in [0.1, 0.15) is 0 Å². The van der Waals surface area contributed by atoms with Gasteiger partial charge in [-0.2, -0.15) is 0 Å². The molecule has 2 aliphatic heterocycles. The average Bonchev–Trinajstić information content (AvgIpc) is 2.62. The van der Waals surface area contributed by atoms with Gasteiger partial charge >= 0.3 is 0 Å². The molecule has 2 saturated heterocycles. The van der Waals surface area contributed by atoms with Crippen LogP contribution in [0.5, 0.6) is 0 Å². The molecular formula is C21H35IN4O. The van der Waals surface area contributed by atoms with Gasteiger partial charge in [0.15, 0.2) is 5.96 Å². The summed E-state index contributed by atoms with van der Waals surface area (Å²) in [5.41, 5.74) is 3.09. The molecule has 6 heteroatoms. The van der Waals surface area contributed by atoms with Crippen molar-refractivity contribution in [3.8, 4) is 0 Å². The van der Waals surface area contributed by atoms with Gasteiger partial charge in [-0.3, -0.25) is 9.89 Å². The van der Waals surface area contributed by atoms with Gasteiger partial charge in [0.05, 0.1) is 13.2 Å². The number of nitrogens with one attached hydrogen (secondary N) is 1. The number of halogens is 1. The summed E-state index contributed by atoms with van der Waals surface area (Å²) in [6.07, 6.45) is 0. The first kappa shape index (κ1) is 22.4. The van der Waals surface area contributed by atoms with Crippen molar-refractivity contribution < 1.29 is 4.74 Å². The van der Waals surface area contributed by atoms with Gasteiger partial charge in [-0.15, -0.1) is 24.0 Å². The SMILES string of the molecule is CN=C(NCc1cccc(CN2CCOCC2)c1)N1CC(C)(C)C1(C)C.I. The van der Waals surface area contributed by atoms with E-state index in [1.54, 1.807) is 0 Å². The molecule has 0 amide bonds. The Balaban J connectivity index is 0.00000261. The van der Waals surface area contributed by atoms with Crippen LogP contribution in [-0.2, 0) is 17.8 Å². The normalized spacial score (nSPS) is 22.0. The van der Waals surface area contributed by atoms with Crippen molar-refractivity contribution in [2.75, 3.05) is 39.9 Å². The largest absolute Gasteiger partial charge is 0.379 e. The third kappa shape index (κ3) is 4.95. The maximum atomic E-state index is 5.44. The Hall–Kier alpha value is -0.860. The number of likely N-dealkylation sites (tertiary alicyclic amines) is 1. The monoisotopic (exact) mass is 486 g/mol. The molecule has 3 rings (SSSR count). The number of guanidine groups is 1. The number of hydrogen-bond donors (Lipinski definition) is 1. The Morgan fingerprint density at radius 2 is 1.81 bits per heavy atom. The van der Waals surface area contributed by atoms with Crippen LogP contribution in [0.2, 0.25) is 0 Å².